The van der Waals surface area contributed by atoms with Crippen molar-refractivity contribution >= 4 is 0 Å². The smallest absolute Gasteiger partial charge is 0.0600 e. The molecule has 4 saturated carbocycles. The van der Waals surface area contributed by atoms with Crippen LogP contribution in [0.25, 0.3) is 0 Å². The topological polar surface area (TPSA) is 38.0 Å². The molecule has 0 saturated heterocycles. The second kappa shape index (κ2) is 4.58. The van der Waals surface area contributed by atoms with E-state index in [0.29, 0.717) is 5.41 Å². The van der Waals surface area contributed by atoms with Crippen molar-refractivity contribution in [2.24, 2.45) is 29.7 Å². The van der Waals surface area contributed by atoms with Gasteiger partial charge in [0, 0.05) is 18.9 Å². The third-order valence-electron chi connectivity index (χ3n) is 6.70. The average molecular weight is 288 g/mol. The lowest BCUT2D eigenvalue weighted by molar-refractivity contribution is -0.154. The van der Waals surface area contributed by atoms with Crippen molar-refractivity contribution in [1.29, 1.82) is 0 Å². The molecule has 3 nitrogen and oxygen atoms in total. The van der Waals surface area contributed by atoms with Gasteiger partial charge in [-0.1, -0.05) is 6.92 Å². The SMILES string of the molecule is Cn1nccc1CCC(O)C12CC3CC(CC(C)(C3)C1)C2. The van der Waals surface area contributed by atoms with E-state index in [2.05, 4.69) is 18.1 Å². The van der Waals surface area contributed by atoms with Gasteiger partial charge in [-0.15, -0.1) is 0 Å². The fourth-order valence-electron chi connectivity index (χ4n) is 6.43. The Kier molecular flexibility index (Phi) is 3.01. The maximum absolute atomic E-state index is 11.0. The molecule has 1 N–H and O–H groups in total. The highest BCUT2D eigenvalue weighted by molar-refractivity contribution is 5.09. The van der Waals surface area contributed by atoms with Gasteiger partial charge in [-0.05, 0) is 80.1 Å². The zero-order valence-electron chi connectivity index (χ0n) is 13.4. The molecule has 0 radical (unpaired) electrons. The van der Waals surface area contributed by atoms with Crippen molar-refractivity contribution in [1.82, 2.24) is 9.78 Å². The summed E-state index contributed by atoms with van der Waals surface area (Å²) in [5, 5.41) is 15.2. The van der Waals surface area contributed by atoms with Gasteiger partial charge in [0.05, 0.1) is 6.10 Å². The van der Waals surface area contributed by atoms with Crippen LogP contribution < -0.4 is 0 Å². The molecule has 4 fully saturated rings. The van der Waals surface area contributed by atoms with Crippen molar-refractivity contribution in [3.05, 3.63) is 18.0 Å². The van der Waals surface area contributed by atoms with E-state index in [9.17, 15) is 5.11 Å². The zero-order valence-corrected chi connectivity index (χ0v) is 13.4. The molecule has 4 aliphatic carbocycles. The lowest BCUT2D eigenvalue weighted by Crippen LogP contribution is -2.55. The predicted octanol–water partition coefficient (Wildman–Crippen LogP) is 3.32. The minimum absolute atomic E-state index is 0.127. The lowest BCUT2D eigenvalue weighted by Gasteiger charge is -2.62. The number of hydrogen-bond donors (Lipinski definition) is 1. The number of aromatic nitrogens is 2. The summed E-state index contributed by atoms with van der Waals surface area (Å²) in [6, 6.07) is 2.08. The van der Waals surface area contributed by atoms with Crippen molar-refractivity contribution in [3.63, 3.8) is 0 Å². The van der Waals surface area contributed by atoms with Gasteiger partial charge >= 0.3 is 0 Å². The van der Waals surface area contributed by atoms with Crippen LogP contribution in [-0.2, 0) is 13.5 Å². The van der Waals surface area contributed by atoms with Crippen molar-refractivity contribution in [2.45, 2.75) is 64.4 Å². The average Bonchev–Trinajstić information content (AvgIpc) is 2.78. The molecule has 1 heterocycles. The molecule has 3 unspecified atom stereocenters. The standard InChI is InChI=1S/C18H28N2O/c1-17-8-13-7-14(9-17)11-18(10-13,12-17)16(21)4-3-15-5-6-19-20(15)2/h5-6,13-14,16,21H,3-4,7-12H2,1-2H3. The Balaban J connectivity index is 1.49. The minimum Gasteiger partial charge on any atom is -0.393 e. The van der Waals surface area contributed by atoms with E-state index in [0.717, 1.165) is 24.7 Å². The van der Waals surface area contributed by atoms with Gasteiger partial charge in [-0.25, -0.2) is 0 Å². The van der Waals surface area contributed by atoms with E-state index < -0.39 is 0 Å². The van der Waals surface area contributed by atoms with Crippen LogP contribution in [0.15, 0.2) is 12.3 Å². The van der Waals surface area contributed by atoms with E-state index in [1.807, 2.05) is 17.9 Å². The molecule has 1 aromatic heterocycles. The number of hydrogen-bond acceptors (Lipinski definition) is 2. The fraction of sp³-hybridized carbons (Fsp3) is 0.833. The van der Waals surface area contributed by atoms with Gasteiger partial charge in [0.2, 0.25) is 0 Å². The summed E-state index contributed by atoms with van der Waals surface area (Å²) in [7, 11) is 1.99. The van der Waals surface area contributed by atoms with Crippen LogP contribution in [0.5, 0.6) is 0 Å². The normalized spacial score (nSPS) is 42.4. The molecule has 0 spiro atoms. The van der Waals surface area contributed by atoms with Crippen molar-refractivity contribution < 1.29 is 5.11 Å². The van der Waals surface area contributed by atoms with Crippen LogP contribution in [0, 0.1) is 22.7 Å². The van der Waals surface area contributed by atoms with Gasteiger partial charge in [-0.2, -0.15) is 5.10 Å². The molecule has 1 aromatic rings. The summed E-state index contributed by atoms with van der Waals surface area (Å²) >= 11 is 0. The van der Waals surface area contributed by atoms with Crippen LogP contribution in [-0.4, -0.2) is 21.0 Å². The van der Waals surface area contributed by atoms with Crippen LogP contribution in [0.1, 0.15) is 57.6 Å². The van der Waals surface area contributed by atoms with E-state index >= 15 is 0 Å². The summed E-state index contributed by atoms with van der Waals surface area (Å²) in [4.78, 5) is 0. The molecular weight excluding hydrogens is 260 g/mol. The van der Waals surface area contributed by atoms with E-state index in [-0.39, 0.29) is 11.5 Å². The molecule has 21 heavy (non-hydrogen) atoms. The summed E-state index contributed by atoms with van der Waals surface area (Å²) in [5.74, 6) is 1.78. The highest BCUT2D eigenvalue weighted by Crippen LogP contribution is 2.66. The summed E-state index contributed by atoms with van der Waals surface area (Å²) in [6.07, 6.45) is 11.7. The second-order valence-electron chi connectivity index (χ2n) is 8.63. The van der Waals surface area contributed by atoms with Crippen molar-refractivity contribution in [2.75, 3.05) is 0 Å². The lowest BCUT2D eigenvalue weighted by atomic mass is 9.43. The van der Waals surface area contributed by atoms with E-state index in [1.165, 1.54) is 44.2 Å². The van der Waals surface area contributed by atoms with Crippen molar-refractivity contribution in [3.8, 4) is 0 Å². The number of rotatable bonds is 4. The van der Waals surface area contributed by atoms with Crippen LogP contribution in [0.3, 0.4) is 0 Å². The first-order chi connectivity index (χ1) is 9.98. The van der Waals surface area contributed by atoms with Gasteiger partial charge in [0.15, 0.2) is 0 Å². The summed E-state index contributed by atoms with van der Waals surface area (Å²) in [5.41, 5.74) is 2.00. The molecule has 3 heteroatoms. The number of aryl methyl sites for hydroxylation is 2. The fourth-order valence-corrected chi connectivity index (χ4v) is 6.43. The quantitative estimate of drug-likeness (QED) is 0.923. The van der Waals surface area contributed by atoms with Gasteiger partial charge in [-0.3, -0.25) is 4.68 Å². The molecule has 3 atom stereocenters. The minimum atomic E-state index is -0.127. The van der Waals surface area contributed by atoms with Gasteiger partial charge < -0.3 is 5.11 Å². The third-order valence-corrected chi connectivity index (χ3v) is 6.70. The van der Waals surface area contributed by atoms with Crippen LogP contribution in [0.2, 0.25) is 0 Å². The predicted molar refractivity (Wildman–Crippen MR) is 82.8 cm³/mol. The maximum atomic E-state index is 11.0. The first-order valence-corrected chi connectivity index (χ1v) is 8.63. The van der Waals surface area contributed by atoms with E-state index in [1.54, 1.807) is 0 Å². The highest BCUT2D eigenvalue weighted by Gasteiger charge is 2.57. The molecule has 4 aliphatic rings. The Bertz CT molecular complexity index is 521. The Hall–Kier alpha value is -0.830. The third kappa shape index (κ3) is 2.25. The first-order valence-electron chi connectivity index (χ1n) is 8.63. The molecular formula is C18H28N2O. The first kappa shape index (κ1) is 13.8. The Morgan fingerprint density at radius 2 is 2.05 bits per heavy atom. The molecule has 0 aliphatic heterocycles. The monoisotopic (exact) mass is 288 g/mol. The summed E-state index contributed by atoms with van der Waals surface area (Å²) in [6.45, 7) is 2.48. The Morgan fingerprint density at radius 1 is 1.33 bits per heavy atom. The van der Waals surface area contributed by atoms with Crippen LogP contribution >= 0.6 is 0 Å². The second-order valence-corrected chi connectivity index (χ2v) is 8.63. The maximum Gasteiger partial charge on any atom is 0.0600 e. The number of aliphatic hydroxyl groups excluding tert-OH is 1. The molecule has 0 amide bonds. The Morgan fingerprint density at radius 3 is 2.62 bits per heavy atom. The van der Waals surface area contributed by atoms with Crippen LogP contribution in [0.4, 0.5) is 0 Å². The zero-order chi connectivity index (χ0) is 14.7. The highest BCUT2D eigenvalue weighted by atomic mass is 16.3. The summed E-state index contributed by atoms with van der Waals surface area (Å²) < 4.78 is 1.94. The van der Waals surface area contributed by atoms with E-state index in [4.69, 9.17) is 0 Å². The Labute approximate surface area is 127 Å². The molecule has 0 aromatic carbocycles. The van der Waals surface area contributed by atoms with Gasteiger partial charge in [0.25, 0.3) is 0 Å². The molecule has 5 rings (SSSR count). The molecule has 4 bridgehead atoms. The largest absolute Gasteiger partial charge is 0.393 e. The number of nitrogens with zero attached hydrogens (tertiary/aromatic N) is 2. The van der Waals surface area contributed by atoms with Gasteiger partial charge in [0.1, 0.15) is 0 Å². The number of aliphatic hydroxyl groups is 1. The molecule has 116 valence electrons.